The fourth-order valence-corrected chi connectivity index (χ4v) is 1.59. The molecule has 1 fully saturated rings. The maximum absolute atomic E-state index is 8.28. The van der Waals surface area contributed by atoms with Gasteiger partial charge >= 0.3 is 0 Å². The molecule has 0 aromatic heterocycles. The van der Waals surface area contributed by atoms with Gasteiger partial charge in [0.05, 0.1) is 11.8 Å². The van der Waals surface area contributed by atoms with E-state index < -0.39 is 0 Å². The second-order valence-corrected chi connectivity index (χ2v) is 3.98. The number of rotatable bonds is 4. The minimum atomic E-state index is 0.681. The summed E-state index contributed by atoms with van der Waals surface area (Å²) in [7, 11) is 0. The summed E-state index contributed by atoms with van der Waals surface area (Å²) in [6.07, 6.45) is 9.59. The van der Waals surface area contributed by atoms with Gasteiger partial charge in [-0.3, -0.25) is 0 Å². The largest absolute Gasteiger partial charge is 0.411 e. The zero-order chi connectivity index (χ0) is 12.1. The van der Waals surface area contributed by atoms with Gasteiger partial charge < -0.3 is 10.9 Å². The second-order valence-electron chi connectivity index (χ2n) is 3.98. The molecule has 1 aliphatic rings. The van der Waals surface area contributed by atoms with E-state index in [4.69, 9.17) is 16.2 Å². The summed E-state index contributed by atoms with van der Waals surface area (Å²) in [6.45, 7) is 0.755. The molecule has 92 valence electrons. The number of nitrogens with zero attached hydrogens (tertiary/aromatic N) is 2. The Labute approximate surface area is 98.1 Å². The van der Waals surface area contributed by atoms with Crippen LogP contribution in [0.15, 0.2) is 5.16 Å². The van der Waals surface area contributed by atoms with Crippen LogP contribution in [0.5, 0.6) is 0 Å². The van der Waals surface area contributed by atoms with Crippen LogP contribution in [0, 0.1) is 11.3 Å². The molecule has 4 nitrogen and oxygen atoms in total. The molecule has 0 amide bonds. The van der Waals surface area contributed by atoms with Gasteiger partial charge in [-0.15, -0.1) is 0 Å². The first-order chi connectivity index (χ1) is 7.85. The molecule has 4 heteroatoms. The van der Waals surface area contributed by atoms with Gasteiger partial charge in [0.1, 0.15) is 0 Å². The average Bonchev–Trinajstić information content (AvgIpc) is 2.36. The zero-order valence-corrected chi connectivity index (χ0v) is 9.99. The zero-order valence-electron chi connectivity index (χ0n) is 9.99. The van der Waals surface area contributed by atoms with Crippen LogP contribution < -0.4 is 5.73 Å². The van der Waals surface area contributed by atoms with Gasteiger partial charge in [-0.2, -0.15) is 5.26 Å². The topological polar surface area (TPSA) is 82.4 Å². The lowest BCUT2D eigenvalue weighted by Crippen LogP contribution is -2.03. The van der Waals surface area contributed by atoms with E-state index in [1.54, 1.807) is 0 Å². The Bertz CT molecular complexity index is 213. The van der Waals surface area contributed by atoms with Crippen LogP contribution in [-0.4, -0.2) is 17.5 Å². The fraction of sp³-hybridized carbons (Fsp3) is 0.833. The summed E-state index contributed by atoms with van der Waals surface area (Å²) in [5, 5.41) is 19.5. The van der Waals surface area contributed by atoms with Gasteiger partial charge in [0.25, 0.3) is 0 Å². The van der Waals surface area contributed by atoms with Crippen LogP contribution in [0.2, 0.25) is 0 Å². The third-order valence-electron chi connectivity index (χ3n) is 2.56. The van der Waals surface area contributed by atoms with E-state index in [9.17, 15) is 0 Å². The molecule has 0 unspecified atom stereocenters. The Kier molecular flexibility index (Phi) is 11.2. The maximum Gasteiger partial charge on any atom is 0.0621 e. The summed E-state index contributed by atoms with van der Waals surface area (Å²) < 4.78 is 0. The summed E-state index contributed by atoms with van der Waals surface area (Å²) in [5.41, 5.74) is 6.21. The van der Waals surface area contributed by atoms with E-state index >= 15 is 0 Å². The summed E-state index contributed by atoms with van der Waals surface area (Å²) >= 11 is 0. The van der Waals surface area contributed by atoms with E-state index in [-0.39, 0.29) is 0 Å². The molecule has 0 aromatic rings. The first kappa shape index (κ1) is 14.9. The van der Waals surface area contributed by atoms with E-state index in [0.717, 1.165) is 44.4 Å². The molecule has 0 heterocycles. The second kappa shape index (κ2) is 12.0. The third-order valence-corrected chi connectivity index (χ3v) is 2.56. The summed E-state index contributed by atoms with van der Waals surface area (Å²) in [6, 6.07) is 2.09. The lowest BCUT2D eigenvalue weighted by molar-refractivity contribution is 0.314. The SMILES string of the molecule is N#CCCCCCN.ON=C1CCCCC1. The van der Waals surface area contributed by atoms with Crippen LogP contribution >= 0.6 is 0 Å². The maximum atomic E-state index is 8.28. The number of nitrogens with two attached hydrogens (primary N) is 1. The van der Waals surface area contributed by atoms with E-state index in [1.807, 2.05) is 0 Å². The summed E-state index contributed by atoms with van der Waals surface area (Å²) in [5.74, 6) is 0. The lowest BCUT2D eigenvalue weighted by atomic mass is 9.99. The average molecular weight is 225 g/mol. The standard InChI is InChI=1S/C6H12N2.C6H11NO/c7-5-3-1-2-4-6-8;8-7-6-4-2-1-3-5-6/h1-5,7H2;8H,1-5H2. The first-order valence-electron chi connectivity index (χ1n) is 6.12. The van der Waals surface area contributed by atoms with Crippen molar-refractivity contribution in [3.63, 3.8) is 0 Å². The van der Waals surface area contributed by atoms with Crippen molar-refractivity contribution in [2.24, 2.45) is 10.9 Å². The molecular weight excluding hydrogens is 202 g/mol. The molecule has 0 bridgehead atoms. The van der Waals surface area contributed by atoms with Crippen molar-refractivity contribution >= 4 is 5.71 Å². The van der Waals surface area contributed by atoms with Crippen LogP contribution in [0.3, 0.4) is 0 Å². The van der Waals surface area contributed by atoms with Crippen LogP contribution in [0.25, 0.3) is 0 Å². The predicted octanol–water partition coefficient (Wildman–Crippen LogP) is 2.81. The molecule has 1 aliphatic carbocycles. The molecular formula is C12H23N3O. The van der Waals surface area contributed by atoms with Crippen molar-refractivity contribution in [2.75, 3.05) is 6.54 Å². The predicted molar refractivity (Wildman–Crippen MR) is 65.4 cm³/mol. The van der Waals surface area contributed by atoms with Gasteiger partial charge in [-0.25, -0.2) is 0 Å². The van der Waals surface area contributed by atoms with Gasteiger partial charge in [0, 0.05) is 6.42 Å². The molecule has 0 atom stereocenters. The van der Waals surface area contributed by atoms with E-state index in [1.165, 1.54) is 19.3 Å². The number of hydrogen-bond donors (Lipinski definition) is 2. The van der Waals surface area contributed by atoms with Crippen molar-refractivity contribution in [3.05, 3.63) is 0 Å². The molecule has 1 rings (SSSR count). The van der Waals surface area contributed by atoms with Crippen molar-refractivity contribution in [2.45, 2.75) is 57.8 Å². The van der Waals surface area contributed by atoms with Crippen LogP contribution in [-0.2, 0) is 0 Å². The molecule has 0 saturated heterocycles. The normalized spacial score (nSPS) is 14.6. The van der Waals surface area contributed by atoms with Crippen molar-refractivity contribution in [3.8, 4) is 6.07 Å². The van der Waals surface area contributed by atoms with Gasteiger partial charge in [-0.1, -0.05) is 18.0 Å². The Balaban J connectivity index is 0.000000281. The molecule has 3 N–H and O–H groups in total. The number of oxime groups is 1. The van der Waals surface area contributed by atoms with Gasteiger partial charge in [-0.05, 0) is 45.1 Å². The molecule has 1 saturated carbocycles. The number of unbranched alkanes of at least 4 members (excludes halogenated alkanes) is 3. The molecule has 0 aliphatic heterocycles. The highest BCUT2D eigenvalue weighted by atomic mass is 16.4. The Morgan fingerprint density at radius 1 is 1.19 bits per heavy atom. The molecule has 0 aromatic carbocycles. The quantitative estimate of drug-likeness (QED) is 0.438. The van der Waals surface area contributed by atoms with Gasteiger partial charge in [0.2, 0.25) is 0 Å². The summed E-state index contributed by atoms with van der Waals surface area (Å²) in [4.78, 5) is 0. The first-order valence-corrected chi connectivity index (χ1v) is 6.12. The van der Waals surface area contributed by atoms with Crippen molar-refractivity contribution < 1.29 is 5.21 Å². The van der Waals surface area contributed by atoms with Crippen molar-refractivity contribution in [1.82, 2.24) is 0 Å². The third kappa shape index (κ3) is 9.47. The van der Waals surface area contributed by atoms with Crippen LogP contribution in [0.1, 0.15) is 57.8 Å². The highest BCUT2D eigenvalue weighted by Gasteiger charge is 2.05. The fourth-order valence-electron chi connectivity index (χ4n) is 1.59. The van der Waals surface area contributed by atoms with E-state index in [2.05, 4.69) is 11.2 Å². The number of nitriles is 1. The minimum absolute atomic E-state index is 0.681. The Morgan fingerprint density at radius 3 is 2.31 bits per heavy atom. The smallest absolute Gasteiger partial charge is 0.0621 e. The molecule has 16 heavy (non-hydrogen) atoms. The van der Waals surface area contributed by atoms with Crippen LogP contribution in [0.4, 0.5) is 0 Å². The van der Waals surface area contributed by atoms with Crippen molar-refractivity contribution in [1.29, 1.82) is 5.26 Å². The molecule has 0 radical (unpaired) electrons. The minimum Gasteiger partial charge on any atom is -0.411 e. The van der Waals surface area contributed by atoms with E-state index in [0.29, 0.717) is 6.42 Å². The monoisotopic (exact) mass is 225 g/mol. The van der Waals surface area contributed by atoms with Gasteiger partial charge in [0.15, 0.2) is 0 Å². The number of hydrogen-bond acceptors (Lipinski definition) is 4. The lowest BCUT2D eigenvalue weighted by Gasteiger charge is -2.08. The molecule has 0 spiro atoms. The highest BCUT2D eigenvalue weighted by molar-refractivity contribution is 5.84. The Hall–Kier alpha value is -1.08. The Morgan fingerprint density at radius 2 is 1.88 bits per heavy atom. The highest BCUT2D eigenvalue weighted by Crippen LogP contribution is 2.13.